The molecule has 8 heteroatoms. The zero-order valence-electron chi connectivity index (χ0n) is 16.8. The van der Waals surface area contributed by atoms with Crippen molar-refractivity contribution in [2.24, 2.45) is 7.05 Å². The molecule has 0 bridgehead atoms. The number of ether oxygens (including phenoxy) is 2. The van der Waals surface area contributed by atoms with E-state index >= 15 is 0 Å². The monoisotopic (exact) mass is 442 g/mol. The number of nitrogens with zero attached hydrogens (tertiary/aromatic N) is 4. The SMILES string of the molecule is Cn1c(-c2ccc(Cl)cc2)nn(CN2CCCC2c2ccc3c(c2)OCCO3)c1=S. The fourth-order valence-corrected chi connectivity index (χ4v) is 4.55. The highest BCUT2D eigenvalue weighted by Gasteiger charge is 2.28. The highest BCUT2D eigenvalue weighted by molar-refractivity contribution is 7.71. The first-order valence-electron chi connectivity index (χ1n) is 10.1. The molecule has 0 radical (unpaired) electrons. The van der Waals surface area contributed by atoms with Crippen molar-refractivity contribution in [2.45, 2.75) is 25.6 Å². The van der Waals surface area contributed by atoms with Crippen molar-refractivity contribution in [3.8, 4) is 22.9 Å². The molecule has 0 amide bonds. The van der Waals surface area contributed by atoms with Crippen molar-refractivity contribution >= 4 is 23.8 Å². The van der Waals surface area contributed by atoms with Crippen molar-refractivity contribution in [2.75, 3.05) is 19.8 Å². The van der Waals surface area contributed by atoms with Crippen LogP contribution in [0.4, 0.5) is 0 Å². The Hall–Kier alpha value is -2.35. The standard InChI is InChI=1S/C22H23ClN4O2S/c1-25-21(15-4-7-17(23)8-5-15)24-27(22(25)30)14-26-10-2-3-18(26)16-6-9-19-20(13-16)29-12-11-28-19/h4-9,13,18H,2-3,10-12,14H2,1H3. The van der Waals surface area contributed by atoms with Crippen molar-refractivity contribution < 1.29 is 9.47 Å². The van der Waals surface area contributed by atoms with Crippen LogP contribution in [0.2, 0.25) is 5.02 Å². The Morgan fingerprint density at radius 2 is 1.87 bits per heavy atom. The summed E-state index contributed by atoms with van der Waals surface area (Å²) in [7, 11) is 1.96. The summed E-state index contributed by atoms with van der Waals surface area (Å²) in [4.78, 5) is 2.43. The van der Waals surface area contributed by atoms with Gasteiger partial charge in [0.25, 0.3) is 0 Å². The predicted octanol–water partition coefficient (Wildman–Crippen LogP) is 4.84. The van der Waals surface area contributed by atoms with E-state index < -0.39 is 0 Å². The van der Waals surface area contributed by atoms with Gasteiger partial charge < -0.3 is 14.0 Å². The molecular weight excluding hydrogens is 420 g/mol. The first-order valence-corrected chi connectivity index (χ1v) is 10.9. The van der Waals surface area contributed by atoms with E-state index in [1.165, 1.54) is 5.56 Å². The molecular formula is C22H23ClN4O2S. The zero-order valence-corrected chi connectivity index (χ0v) is 18.3. The summed E-state index contributed by atoms with van der Waals surface area (Å²) in [5.41, 5.74) is 2.24. The Morgan fingerprint density at radius 3 is 2.67 bits per heavy atom. The summed E-state index contributed by atoms with van der Waals surface area (Å²) in [5.74, 6) is 2.51. The summed E-state index contributed by atoms with van der Waals surface area (Å²) in [6.45, 7) is 2.87. The number of fused-ring (bicyclic) bond motifs is 1. The number of likely N-dealkylation sites (tertiary alicyclic amines) is 1. The molecule has 0 saturated carbocycles. The van der Waals surface area contributed by atoms with Crippen LogP contribution in [0.3, 0.4) is 0 Å². The van der Waals surface area contributed by atoms with E-state index in [9.17, 15) is 0 Å². The third kappa shape index (κ3) is 3.62. The van der Waals surface area contributed by atoms with Gasteiger partial charge in [0.15, 0.2) is 22.1 Å². The van der Waals surface area contributed by atoms with Crippen LogP contribution in [0, 0.1) is 4.77 Å². The molecule has 5 rings (SSSR count). The van der Waals surface area contributed by atoms with Gasteiger partial charge in [0.05, 0.1) is 6.67 Å². The normalized spacial score (nSPS) is 18.7. The highest BCUT2D eigenvalue weighted by Crippen LogP contribution is 2.38. The van der Waals surface area contributed by atoms with E-state index in [2.05, 4.69) is 17.0 Å². The maximum Gasteiger partial charge on any atom is 0.199 e. The molecule has 6 nitrogen and oxygen atoms in total. The number of aromatic nitrogens is 3. The molecule has 0 N–H and O–H groups in total. The quantitative estimate of drug-likeness (QED) is 0.541. The van der Waals surface area contributed by atoms with Crippen LogP contribution < -0.4 is 9.47 Å². The van der Waals surface area contributed by atoms with Gasteiger partial charge in [0.2, 0.25) is 0 Å². The van der Waals surface area contributed by atoms with Crippen LogP contribution in [0.1, 0.15) is 24.4 Å². The van der Waals surface area contributed by atoms with Gasteiger partial charge in [-0.3, -0.25) is 4.90 Å². The van der Waals surface area contributed by atoms with Crippen molar-refractivity contribution in [3.05, 3.63) is 57.8 Å². The number of hydrogen-bond donors (Lipinski definition) is 0. The van der Waals surface area contributed by atoms with Gasteiger partial charge in [-0.15, -0.1) is 0 Å². The van der Waals surface area contributed by atoms with Crippen LogP contribution in [-0.4, -0.2) is 39.0 Å². The van der Waals surface area contributed by atoms with Gasteiger partial charge in [-0.05, 0) is 67.0 Å². The van der Waals surface area contributed by atoms with Crippen LogP contribution >= 0.6 is 23.8 Å². The Bertz CT molecular complexity index is 1130. The minimum Gasteiger partial charge on any atom is -0.486 e. The molecule has 1 aromatic heterocycles. The second-order valence-electron chi connectivity index (χ2n) is 7.69. The number of rotatable bonds is 4. The Balaban J connectivity index is 1.41. The lowest BCUT2D eigenvalue weighted by atomic mass is 10.0. The van der Waals surface area contributed by atoms with Crippen LogP contribution in [0.15, 0.2) is 42.5 Å². The first-order chi connectivity index (χ1) is 14.6. The molecule has 1 atom stereocenters. The maximum absolute atomic E-state index is 6.03. The molecule has 2 aliphatic rings. The van der Waals surface area contributed by atoms with Crippen LogP contribution in [0.5, 0.6) is 11.5 Å². The van der Waals surface area contributed by atoms with Gasteiger partial charge in [0.1, 0.15) is 13.2 Å². The smallest absolute Gasteiger partial charge is 0.199 e. The van der Waals surface area contributed by atoms with E-state index in [1.807, 2.05) is 46.6 Å². The molecule has 3 heterocycles. The minimum atomic E-state index is 0.309. The maximum atomic E-state index is 6.03. The van der Waals surface area contributed by atoms with Gasteiger partial charge in [-0.1, -0.05) is 17.7 Å². The lowest BCUT2D eigenvalue weighted by molar-refractivity contribution is 0.168. The van der Waals surface area contributed by atoms with Gasteiger partial charge >= 0.3 is 0 Å². The third-order valence-electron chi connectivity index (χ3n) is 5.77. The lowest BCUT2D eigenvalue weighted by Crippen LogP contribution is -2.27. The summed E-state index contributed by atoms with van der Waals surface area (Å²) in [6, 6.07) is 14.3. The second-order valence-corrected chi connectivity index (χ2v) is 8.49. The fraction of sp³-hybridized carbons (Fsp3) is 0.364. The Morgan fingerprint density at radius 1 is 1.10 bits per heavy atom. The van der Waals surface area contributed by atoms with Gasteiger partial charge in [0, 0.05) is 30.2 Å². The molecule has 3 aromatic rings. The fourth-order valence-electron chi connectivity index (χ4n) is 4.24. The number of benzene rings is 2. The van der Waals surface area contributed by atoms with E-state index in [0.29, 0.717) is 35.7 Å². The predicted molar refractivity (Wildman–Crippen MR) is 119 cm³/mol. The largest absolute Gasteiger partial charge is 0.486 e. The summed E-state index contributed by atoms with van der Waals surface area (Å²) < 4.78 is 16.0. The van der Waals surface area contributed by atoms with Crippen LogP contribution in [0.25, 0.3) is 11.4 Å². The zero-order chi connectivity index (χ0) is 20.7. The molecule has 0 aliphatic carbocycles. The number of halogens is 1. The average Bonchev–Trinajstić information content (AvgIpc) is 3.34. The highest BCUT2D eigenvalue weighted by atomic mass is 35.5. The third-order valence-corrected chi connectivity index (χ3v) is 6.51. The van der Waals surface area contributed by atoms with E-state index in [-0.39, 0.29) is 0 Å². The van der Waals surface area contributed by atoms with Crippen LogP contribution in [-0.2, 0) is 13.7 Å². The number of hydrogen-bond acceptors (Lipinski definition) is 5. The molecule has 2 aliphatic heterocycles. The molecule has 0 spiro atoms. The Kier molecular flexibility index (Phi) is 5.26. The van der Waals surface area contributed by atoms with Crippen molar-refractivity contribution in [1.29, 1.82) is 0 Å². The van der Waals surface area contributed by atoms with Gasteiger partial charge in [-0.2, -0.15) is 5.10 Å². The molecule has 2 aromatic carbocycles. The van der Waals surface area contributed by atoms with E-state index in [4.69, 9.17) is 38.4 Å². The molecule has 1 fully saturated rings. The summed E-state index contributed by atoms with van der Waals surface area (Å²) in [5, 5.41) is 5.52. The second kappa shape index (κ2) is 8.06. The molecule has 1 saturated heterocycles. The van der Waals surface area contributed by atoms with Gasteiger partial charge in [-0.25, -0.2) is 4.68 Å². The Labute approximate surface area is 185 Å². The molecule has 156 valence electrons. The summed E-state index contributed by atoms with van der Waals surface area (Å²) in [6.07, 6.45) is 2.24. The van der Waals surface area contributed by atoms with Crippen molar-refractivity contribution in [3.63, 3.8) is 0 Å². The van der Waals surface area contributed by atoms with E-state index in [0.717, 1.165) is 42.3 Å². The summed E-state index contributed by atoms with van der Waals surface area (Å²) >= 11 is 11.7. The molecule has 30 heavy (non-hydrogen) atoms. The average molecular weight is 443 g/mol. The first kappa shape index (κ1) is 19.6. The molecule has 1 unspecified atom stereocenters. The topological polar surface area (TPSA) is 44.5 Å². The minimum absolute atomic E-state index is 0.309. The van der Waals surface area contributed by atoms with Crippen molar-refractivity contribution in [1.82, 2.24) is 19.2 Å². The van der Waals surface area contributed by atoms with E-state index in [1.54, 1.807) is 0 Å². The lowest BCUT2D eigenvalue weighted by Gasteiger charge is -2.26.